The summed E-state index contributed by atoms with van der Waals surface area (Å²) in [5.74, 6) is 0. The Kier molecular flexibility index (Phi) is 4.25. The van der Waals surface area contributed by atoms with Crippen LogP contribution in [0.2, 0.25) is 0 Å². The van der Waals surface area contributed by atoms with E-state index in [2.05, 4.69) is 4.72 Å². The molecule has 0 radical (unpaired) electrons. The number of nitro groups is 1. The van der Waals surface area contributed by atoms with Gasteiger partial charge in [0.25, 0.3) is 5.69 Å². The minimum absolute atomic E-state index is 0.322. The van der Waals surface area contributed by atoms with Gasteiger partial charge < -0.3 is 5.73 Å². The SMILES string of the molecule is Nc1ccc2c(c1)CCCC2NS(=O)(=O)c1ccccc1[N+](=O)[O-]. The van der Waals surface area contributed by atoms with Gasteiger partial charge in [-0.05, 0) is 48.6 Å². The van der Waals surface area contributed by atoms with Crippen molar-refractivity contribution in [3.8, 4) is 0 Å². The molecule has 0 saturated heterocycles. The number of hydrogen-bond donors (Lipinski definition) is 2. The van der Waals surface area contributed by atoms with Crippen LogP contribution in [0.1, 0.15) is 30.0 Å². The van der Waals surface area contributed by atoms with E-state index in [9.17, 15) is 18.5 Å². The van der Waals surface area contributed by atoms with E-state index >= 15 is 0 Å². The van der Waals surface area contributed by atoms with Crippen LogP contribution >= 0.6 is 0 Å². The first-order valence-corrected chi connectivity index (χ1v) is 9.01. The highest BCUT2D eigenvalue weighted by molar-refractivity contribution is 7.89. The van der Waals surface area contributed by atoms with E-state index < -0.39 is 26.7 Å². The number of rotatable bonds is 4. The predicted molar refractivity (Wildman–Crippen MR) is 90.0 cm³/mol. The van der Waals surface area contributed by atoms with Gasteiger partial charge in [0.15, 0.2) is 4.90 Å². The highest BCUT2D eigenvalue weighted by Gasteiger charge is 2.30. The molecule has 0 spiro atoms. The van der Waals surface area contributed by atoms with Crippen molar-refractivity contribution in [1.82, 2.24) is 4.72 Å². The van der Waals surface area contributed by atoms with E-state index in [1.807, 2.05) is 12.1 Å². The van der Waals surface area contributed by atoms with E-state index in [1.54, 1.807) is 6.07 Å². The fourth-order valence-electron chi connectivity index (χ4n) is 3.04. The van der Waals surface area contributed by atoms with Crippen molar-refractivity contribution in [3.63, 3.8) is 0 Å². The Morgan fingerprint density at radius 2 is 1.96 bits per heavy atom. The summed E-state index contributed by atoms with van der Waals surface area (Å²) in [5.41, 5.74) is 7.87. The minimum Gasteiger partial charge on any atom is -0.399 e. The number of nitrogen functional groups attached to an aromatic ring is 1. The Labute approximate surface area is 139 Å². The van der Waals surface area contributed by atoms with Gasteiger partial charge in [-0.3, -0.25) is 10.1 Å². The van der Waals surface area contributed by atoms with Gasteiger partial charge in [0, 0.05) is 17.8 Å². The van der Waals surface area contributed by atoms with Gasteiger partial charge in [0.05, 0.1) is 4.92 Å². The summed E-state index contributed by atoms with van der Waals surface area (Å²) in [6.45, 7) is 0. The lowest BCUT2D eigenvalue weighted by Gasteiger charge is -2.26. The second-order valence-corrected chi connectivity index (χ2v) is 7.43. The van der Waals surface area contributed by atoms with E-state index in [0.717, 1.165) is 24.0 Å². The van der Waals surface area contributed by atoms with Gasteiger partial charge in [-0.2, -0.15) is 0 Å². The predicted octanol–water partition coefficient (Wildman–Crippen LogP) is 2.53. The molecule has 2 aromatic carbocycles. The molecule has 0 heterocycles. The standard InChI is InChI=1S/C16H17N3O4S/c17-12-8-9-13-11(10-12)4-3-5-14(13)18-24(22,23)16-7-2-1-6-15(16)19(20)21/h1-2,6-10,14,18H,3-5,17H2. The second kappa shape index (κ2) is 6.21. The topological polar surface area (TPSA) is 115 Å². The maximum absolute atomic E-state index is 12.7. The zero-order valence-corrected chi connectivity index (χ0v) is 13.6. The number of aryl methyl sites for hydroxylation is 1. The smallest absolute Gasteiger partial charge is 0.289 e. The normalized spacial score (nSPS) is 17.2. The highest BCUT2D eigenvalue weighted by Crippen LogP contribution is 2.33. The van der Waals surface area contributed by atoms with E-state index in [0.29, 0.717) is 12.1 Å². The first kappa shape index (κ1) is 16.4. The zero-order chi connectivity index (χ0) is 17.3. The van der Waals surface area contributed by atoms with Gasteiger partial charge in [0.2, 0.25) is 10.0 Å². The molecule has 3 rings (SSSR count). The summed E-state index contributed by atoms with van der Waals surface area (Å²) in [5, 5.41) is 11.1. The van der Waals surface area contributed by atoms with Crippen LogP contribution in [-0.4, -0.2) is 13.3 Å². The number of nitrogens with zero attached hydrogens (tertiary/aromatic N) is 1. The summed E-state index contributed by atoms with van der Waals surface area (Å²) in [6, 6.07) is 10.3. The Morgan fingerprint density at radius 1 is 1.21 bits per heavy atom. The number of fused-ring (bicyclic) bond motifs is 1. The first-order valence-electron chi connectivity index (χ1n) is 7.52. The average molecular weight is 347 g/mol. The van der Waals surface area contributed by atoms with Crippen molar-refractivity contribution in [1.29, 1.82) is 0 Å². The van der Waals surface area contributed by atoms with Gasteiger partial charge in [-0.15, -0.1) is 0 Å². The van der Waals surface area contributed by atoms with E-state index in [1.165, 1.54) is 24.3 Å². The van der Waals surface area contributed by atoms with Crippen molar-refractivity contribution < 1.29 is 13.3 Å². The van der Waals surface area contributed by atoms with Gasteiger partial charge >= 0.3 is 0 Å². The summed E-state index contributed by atoms with van der Waals surface area (Å²) in [7, 11) is -4.01. The highest BCUT2D eigenvalue weighted by atomic mass is 32.2. The van der Waals surface area contributed by atoms with Gasteiger partial charge in [-0.25, -0.2) is 13.1 Å². The molecule has 0 bridgehead atoms. The summed E-state index contributed by atoms with van der Waals surface area (Å²) in [4.78, 5) is 10.1. The number of hydrogen-bond acceptors (Lipinski definition) is 5. The quantitative estimate of drug-likeness (QED) is 0.501. The number of nitrogens with two attached hydrogens (primary N) is 1. The third-order valence-corrected chi connectivity index (χ3v) is 5.65. The minimum atomic E-state index is -4.01. The Balaban J connectivity index is 1.96. The molecule has 3 N–H and O–H groups in total. The number of sulfonamides is 1. The third-order valence-electron chi connectivity index (χ3n) is 4.13. The Hall–Kier alpha value is -2.45. The van der Waals surface area contributed by atoms with Crippen molar-refractivity contribution in [2.45, 2.75) is 30.2 Å². The van der Waals surface area contributed by atoms with Crippen LogP contribution in [0.25, 0.3) is 0 Å². The van der Waals surface area contributed by atoms with Crippen LogP contribution in [0.15, 0.2) is 47.4 Å². The van der Waals surface area contributed by atoms with Crippen LogP contribution in [0.4, 0.5) is 11.4 Å². The van der Waals surface area contributed by atoms with Crippen molar-refractivity contribution in [2.75, 3.05) is 5.73 Å². The molecular formula is C16H17N3O4S. The molecular weight excluding hydrogens is 330 g/mol. The summed E-state index contributed by atoms with van der Waals surface area (Å²) < 4.78 is 27.9. The largest absolute Gasteiger partial charge is 0.399 e. The maximum atomic E-state index is 12.7. The average Bonchev–Trinajstić information content (AvgIpc) is 2.54. The molecule has 2 aromatic rings. The summed E-state index contributed by atoms with van der Waals surface area (Å²) >= 11 is 0. The van der Waals surface area contributed by atoms with E-state index in [-0.39, 0.29) is 4.90 Å². The first-order chi connectivity index (χ1) is 11.4. The number of benzene rings is 2. The number of nitrogens with one attached hydrogen (secondary N) is 1. The molecule has 0 amide bonds. The molecule has 8 heteroatoms. The fraction of sp³-hybridized carbons (Fsp3) is 0.250. The van der Waals surface area contributed by atoms with Crippen molar-refractivity contribution >= 4 is 21.4 Å². The van der Waals surface area contributed by atoms with Gasteiger partial charge in [0.1, 0.15) is 0 Å². The van der Waals surface area contributed by atoms with Crippen LogP contribution in [0.5, 0.6) is 0 Å². The lowest BCUT2D eigenvalue weighted by atomic mass is 9.88. The molecule has 1 unspecified atom stereocenters. The van der Waals surface area contributed by atoms with Crippen molar-refractivity contribution in [3.05, 3.63) is 63.7 Å². The molecule has 1 atom stereocenters. The van der Waals surface area contributed by atoms with Crippen LogP contribution < -0.4 is 10.5 Å². The van der Waals surface area contributed by atoms with Gasteiger partial charge in [-0.1, -0.05) is 18.2 Å². The molecule has 24 heavy (non-hydrogen) atoms. The molecule has 0 aliphatic heterocycles. The number of anilines is 1. The lowest BCUT2D eigenvalue weighted by Crippen LogP contribution is -2.31. The molecule has 0 aromatic heterocycles. The number of para-hydroxylation sites is 1. The second-order valence-electron chi connectivity index (χ2n) is 5.75. The monoisotopic (exact) mass is 347 g/mol. The number of nitro benzene ring substituents is 1. The third kappa shape index (κ3) is 3.10. The molecule has 126 valence electrons. The summed E-state index contributed by atoms with van der Waals surface area (Å²) in [6.07, 6.45) is 2.29. The zero-order valence-electron chi connectivity index (χ0n) is 12.8. The fourth-order valence-corrected chi connectivity index (χ4v) is 4.46. The lowest BCUT2D eigenvalue weighted by molar-refractivity contribution is -0.387. The van der Waals surface area contributed by atoms with Crippen LogP contribution in [-0.2, 0) is 16.4 Å². The molecule has 1 aliphatic rings. The van der Waals surface area contributed by atoms with E-state index in [4.69, 9.17) is 5.73 Å². The van der Waals surface area contributed by atoms with Crippen molar-refractivity contribution in [2.24, 2.45) is 0 Å². The molecule has 1 aliphatic carbocycles. The molecule has 7 nitrogen and oxygen atoms in total. The maximum Gasteiger partial charge on any atom is 0.289 e. The Bertz CT molecular complexity index is 896. The molecule has 0 saturated carbocycles. The Morgan fingerprint density at radius 3 is 2.71 bits per heavy atom. The van der Waals surface area contributed by atoms with Crippen LogP contribution in [0.3, 0.4) is 0 Å². The van der Waals surface area contributed by atoms with Crippen LogP contribution in [0, 0.1) is 10.1 Å². The molecule has 0 fully saturated rings.